The first-order valence-corrected chi connectivity index (χ1v) is 12.6. The summed E-state index contributed by atoms with van der Waals surface area (Å²) >= 11 is 0. The van der Waals surface area contributed by atoms with Crippen molar-refractivity contribution in [1.82, 2.24) is 9.29 Å². The van der Waals surface area contributed by atoms with Crippen LogP contribution in [0.25, 0.3) is 10.9 Å². The van der Waals surface area contributed by atoms with Crippen molar-refractivity contribution >= 4 is 26.7 Å². The highest BCUT2D eigenvalue weighted by Gasteiger charge is 2.34. The summed E-state index contributed by atoms with van der Waals surface area (Å²) in [6.45, 7) is 3.79. The average molecular weight is 469 g/mol. The maximum Gasteiger partial charge on any atom is 0.252 e. The van der Waals surface area contributed by atoms with E-state index in [-0.39, 0.29) is 28.8 Å². The van der Waals surface area contributed by atoms with Crippen molar-refractivity contribution in [2.24, 2.45) is 0 Å². The summed E-state index contributed by atoms with van der Waals surface area (Å²) in [7, 11) is -3.92. The Kier molecular flexibility index (Phi) is 6.67. The number of sulfonamides is 1. The van der Waals surface area contributed by atoms with Gasteiger partial charge < -0.3 is 9.72 Å². The second-order valence-electron chi connectivity index (χ2n) is 8.38. The van der Waals surface area contributed by atoms with Crippen LogP contribution in [0.5, 0.6) is 5.75 Å². The molecule has 174 valence electrons. The fraction of sp³-hybridized carbons (Fsp3) is 0.360. The van der Waals surface area contributed by atoms with Gasteiger partial charge in [0.05, 0.1) is 11.5 Å². The van der Waals surface area contributed by atoms with Crippen molar-refractivity contribution in [3.63, 3.8) is 0 Å². The molecule has 1 fully saturated rings. The molecule has 0 atom stereocenters. The van der Waals surface area contributed by atoms with Gasteiger partial charge in [0.15, 0.2) is 5.78 Å². The SMILES string of the molecule is CCOc1ccc2[nH]c(=O)c(CN(C3CCCC3)S(=O)(=O)c3cccc(C(C)=O)c3)cc2c1. The molecule has 0 aliphatic heterocycles. The molecule has 2 aromatic carbocycles. The van der Waals surface area contributed by atoms with Crippen molar-refractivity contribution in [1.29, 1.82) is 0 Å². The van der Waals surface area contributed by atoms with E-state index in [4.69, 9.17) is 4.74 Å². The summed E-state index contributed by atoms with van der Waals surface area (Å²) in [6, 6.07) is 13.0. The summed E-state index contributed by atoms with van der Waals surface area (Å²) in [4.78, 5) is 27.6. The van der Waals surface area contributed by atoms with Crippen LogP contribution in [-0.4, -0.2) is 36.1 Å². The molecule has 0 unspecified atom stereocenters. The number of aromatic nitrogens is 1. The van der Waals surface area contributed by atoms with Crippen LogP contribution in [-0.2, 0) is 16.6 Å². The molecule has 1 aliphatic rings. The lowest BCUT2D eigenvalue weighted by Crippen LogP contribution is -2.39. The first-order chi connectivity index (χ1) is 15.8. The predicted octanol–water partition coefficient (Wildman–Crippen LogP) is 4.26. The molecule has 1 aliphatic carbocycles. The lowest BCUT2D eigenvalue weighted by atomic mass is 10.1. The summed E-state index contributed by atoms with van der Waals surface area (Å²) in [5.74, 6) is 0.486. The second-order valence-corrected chi connectivity index (χ2v) is 10.3. The molecule has 7 nitrogen and oxygen atoms in total. The van der Waals surface area contributed by atoms with E-state index in [0.29, 0.717) is 29.0 Å². The number of ether oxygens (including phenoxy) is 1. The molecule has 4 rings (SSSR count). The Morgan fingerprint density at radius 2 is 1.88 bits per heavy atom. The van der Waals surface area contributed by atoms with E-state index in [1.165, 1.54) is 23.4 Å². The molecule has 1 heterocycles. The zero-order valence-electron chi connectivity index (χ0n) is 18.8. The maximum atomic E-state index is 13.7. The summed E-state index contributed by atoms with van der Waals surface area (Å²) < 4.78 is 34.4. The molecular formula is C25H28N2O5S. The van der Waals surface area contributed by atoms with Gasteiger partial charge in [-0.05, 0) is 63.1 Å². The molecule has 1 N–H and O–H groups in total. The fourth-order valence-electron chi connectivity index (χ4n) is 4.39. The number of fused-ring (bicyclic) bond motifs is 1. The maximum absolute atomic E-state index is 13.7. The molecule has 0 radical (unpaired) electrons. The third-order valence-corrected chi connectivity index (χ3v) is 8.00. The minimum atomic E-state index is -3.92. The van der Waals surface area contributed by atoms with Crippen LogP contribution in [0.1, 0.15) is 55.5 Å². The summed E-state index contributed by atoms with van der Waals surface area (Å²) in [6.07, 6.45) is 3.36. The zero-order chi connectivity index (χ0) is 23.6. The van der Waals surface area contributed by atoms with Gasteiger partial charge in [0.1, 0.15) is 5.75 Å². The number of carbonyl (C=O) groups excluding carboxylic acids is 1. The fourth-order valence-corrected chi connectivity index (χ4v) is 6.09. The monoisotopic (exact) mass is 468 g/mol. The summed E-state index contributed by atoms with van der Waals surface area (Å²) in [5, 5.41) is 0.776. The zero-order valence-corrected chi connectivity index (χ0v) is 19.7. The third-order valence-electron chi connectivity index (χ3n) is 6.11. The lowest BCUT2D eigenvalue weighted by Gasteiger charge is -2.28. The van der Waals surface area contributed by atoms with E-state index in [0.717, 1.165) is 31.1 Å². The minimum Gasteiger partial charge on any atom is -0.494 e. The normalized spacial score (nSPS) is 14.8. The van der Waals surface area contributed by atoms with Crippen LogP contribution in [0.2, 0.25) is 0 Å². The number of nitrogens with zero attached hydrogens (tertiary/aromatic N) is 1. The highest BCUT2D eigenvalue weighted by atomic mass is 32.2. The van der Waals surface area contributed by atoms with Crippen LogP contribution >= 0.6 is 0 Å². The smallest absolute Gasteiger partial charge is 0.252 e. The van der Waals surface area contributed by atoms with E-state index in [1.807, 2.05) is 13.0 Å². The van der Waals surface area contributed by atoms with Crippen LogP contribution in [0.3, 0.4) is 0 Å². The van der Waals surface area contributed by atoms with E-state index >= 15 is 0 Å². The van der Waals surface area contributed by atoms with E-state index in [2.05, 4.69) is 4.98 Å². The van der Waals surface area contributed by atoms with Crippen LogP contribution in [0.15, 0.2) is 58.2 Å². The topological polar surface area (TPSA) is 96.5 Å². The molecule has 1 aromatic heterocycles. The highest BCUT2D eigenvalue weighted by molar-refractivity contribution is 7.89. The van der Waals surface area contributed by atoms with Crippen molar-refractivity contribution in [3.8, 4) is 5.75 Å². The van der Waals surface area contributed by atoms with Gasteiger partial charge in [-0.25, -0.2) is 8.42 Å². The molecule has 3 aromatic rings. The molecule has 0 spiro atoms. The molecule has 0 saturated heterocycles. The summed E-state index contributed by atoms with van der Waals surface area (Å²) in [5.41, 5.74) is 1.06. The quantitative estimate of drug-likeness (QED) is 0.498. The lowest BCUT2D eigenvalue weighted by molar-refractivity contribution is 0.101. The molecule has 33 heavy (non-hydrogen) atoms. The minimum absolute atomic E-state index is 0.0402. The number of H-pyrrole nitrogens is 1. The number of ketones is 1. The third kappa shape index (κ3) is 4.86. The first kappa shape index (κ1) is 23.2. The second kappa shape index (κ2) is 9.49. The van der Waals surface area contributed by atoms with Gasteiger partial charge in [-0.2, -0.15) is 4.31 Å². The Labute approximate surface area is 193 Å². The van der Waals surface area contributed by atoms with E-state index in [1.54, 1.807) is 30.3 Å². The molecule has 0 bridgehead atoms. The van der Waals surface area contributed by atoms with Gasteiger partial charge in [0.2, 0.25) is 10.0 Å². The van der Waals surface area contributed by atoms with Crippen molar-refractivity contribution in [2.45, 2.75) is 57.0 Å². The van der Waals surface area contributed by atoms with E-state index < -0.39 is 10.0 Å². The number of benzene rings is 2. The Bertz CT molecular complexity index is 1340. The van der Waals surface area contributed by atoms with Crippen molar-refractivity contribution in [3.05, 3.63) is 70.0 Å². The van der Waals surface area contributed by atoms with Crippen molar-refractivity contribution < 1.29 is 17.9 Å². The first-order valence-electron chi connectivity index (χ1n) is 11.2. The van der Waals surface area contributed by atoms with Crippen LogP contribution in [0, 0.1) is 0 Å². The van der Waals surface area contributed by atoms with Crippen LogP contribution in [0.4, 0.5) is 0 Å². The number of hydrogen-bond acceptors (Lipinski definition) is 5. The molecular weight excluding hydrogens is 440 g/mol. The Morgan fingerprint density at radius 3 is 2.58 bits per heavy atom. The Morgan fingerprint density at radius 1 is 1.12 bits per heavy atom. The van der Waals surface area contributed by atoms with Crippen LogP contribution < -0.4 is 10.3 Å². The highest BCUT2D eigenvalue weighted by Crippen LogP contribution is 2.31. The number of carbonyl (C=O) groups is 1. The molecule has 1 saturated carbocycles. The molecule has 0 amide bonds. The van der Waals surface area contributed by atoms with Gasteiger partial charge in [-0.3, -0.25) is 9.59 Å². The van der Waals surface area contributed by atoms with E-state index in [9.17, 15) is 18.0 Å². The largest absolute Gasteiger partial charge is 0.494 e. The number of Topliss-reactive ketones (excluding diaryl/α,β-unsaturated/α-hetero) is 1. The predicted molar refractivity (Wildman–Crippen MR) is 127 cm³/mol. The number of pyridine rings is 1. The Hall–Kier alpha value is -2.97. The van der Waals surface area contributed by atoms with Gasteiger partial charge in [-0.15, -0.1) is 0 Å². The van der Waals surface area contributed by atoms with Gasteiger partial charge in [-0.1, -0.05) is 25.0 Å². The average Bonchev–Trinajstić information content (AvgIpc) is 3.32. The Balaban J connectivity index is 1.76. The number of rotatable bonds is 8. The number of aromatic amines is 1. The number of nitrogens with one attached hydrogen (secondary N) is 1. The van der Waals surface area contributed by atoms with Gasteiger partial charge >= 0.3 is 0 Å². The van der Waals surface area contributed by atoms with Gasteiger partial charge in [0, 0.05) is 34.6 Å². The van der Waals surface area contributed by atoms with Gasteiger partial charge in [0.25, 0.3) is 5.56 Å². The van der Waals surface area contributed by atoms with Crippen molar-refractivity contribution in [2.75, 3.05) is 6.61 Å². The molecule has 8 heteroatoms. The standard InChI is InChI=1S/C25H28N2O5S/c1-3-32-22-11-12-24-19(14-22)13-20(25(29)26-24)16-27(21-8-4-5-9-21)33(30,31)23-10-6-7-18(15-23)17(2)28/h6-7,10-15,21H,3-5,8-9,16H2,1-2H3,(H,26,29). The number of hydrogen-bond donors (Lipinski definition) is 1.